The first-order valence-corrected chi connectivity index (χ1v) is 16.7. The number of imidazole rings is 1. The molecule has 2 aromatic carbocycles. The number of halogens is 9. The van der Waals surface area contributed by atoms with Gasteiger partial charge >= 0.3 is 195 Å². The van der Waals surface area contributed by atoms with Crippen LogP contribution in [0.2, 0.25) is 10.3 Å². The van der Waals surface area contributed by atoms with E-state index in [-0.39, 0.29) is 23.4 Å². The Labute approximate surface area is 245 Å². The van der Waals surface area contributed by atoms with Crippen molar-refractivity contribution in [2.24, 2.45) is 0 Å². The van der Waals surface area contributed by atoms with Gasteiger partial charge in [0.1, 0.15) is 0 Å². The number of hydrogen-bond acceptors (Lipinski definition) is 0. The quantitative estimate of drug-likeness (QED) is 0.233. The molecule has 3 aromatic rings. The minimum Gasteiger partial charge on any atom is -0.0496 e. The van der Waals surface area contributed by atoms with Gasteiger partial charge in [-0.3, -0.25) is 0 Å². The van der Waals surface area contributed by atoms with Gasteiger partial charge in [-0.15, -0.1) is 0 Å². The fourth-order valence-electron chi connectivity index (χ4n) is 3.67. The van der Waals surface area contributed by atoms with Crippen molar-refractivity contribution < 1.29 is 42.6 Å². The molecule has 4 rings (SSSR count). The van der Waals surface area contributed by atoms with Gasteiger partial charge in [-0.05, 0) is 51.4 Å². The molecule has 4 radical (unpaired) electrons. The van der Waals surface area contributed by atoms with Crippen LogP contribution >= 0.6 is 32.8 Å². The SMILES string of the molecule is FC(F)(F)c1ccc(Cn2c(Cl)c(Cl)n(Cc3ccc(C(F)(F)F)cc3)[c]2=[Ir][Cl])cc1.[CH]1[CH]CC[CH][CH]CC1. The summed E-state index contributed by atoms with van der Waals surface area (Å²) in [7, 11) is 6.19. The number of alkyl halides is 6. The van der Waals surface area contributed by atoms with Crippen LogP contribution in [0.15, 0.2) is 48.5 Å². The Hall–Kier alpha value is -1.25. The first-order valence-electron chi connectivity index (χ1n) is 11.7. The van der Waals surface area contributed by atoms with E-state index in [9.17, 15) is 26.3 Å². The summed E-state index contributed by atoms with van der Waals surface area (Å²) in [6.07, 6.45) is 5.12. The van der Waals surface area contributed by atoms with Crippen LogP contribution in [0.3, 0.4) is 0 Å². The van der Waals surface area contributed by atoms with E-state index in [1.165, 1.54) is 49.9 Å². The van der Waals surface area contributed by atoms with E-state index in [0.717, 1.165) is 24.3 Å². The van der Waals surface area contributed by atoms with E-state index in [1.807, 2.05) is 0 Å². The molecule has 1 saturated carbocycles. The summed E-state index contributed by atoms with van der Waals surface area (Å²) in [6, 6.07) is 9.25. The first kappa shape index (κ1) is 32.3. The average Bonchev–Trinajstić information content (AvgIpc) is 3.07. The molecule has 0 N–H and O–H groups in total. The van der Waals surface area contributed by atoms with E-state index in [2.05, 4.69) is 25.7 Å². The van der Waals surface area contributed by atoms with Gasteiger partial charge in [0, 0.05) is 0 Å². The summed E-state index contributed by atoms with van der Waals surface area (Å²) in [6.45, 7) is 0.282. The second-order valence-electron chi connectivity index (χ2n) is 8.55. The number of hydrogen-bond donors (Lipinski definition) is 0. The number of rotatable bonds is 4. The Kier molecular flexibility index (Phi) is 12.1. The largest absolute Gasteiger partial charge is 0.0496 e. The zero-order valence-electron chi connectivity index (χ0n) is 20.3. The van der Waals surface area contributed by atoms with Crippen molar-refractivity contribution in [2.75, 3.05) is 0 Å². The van der Waals surface area contributed by atoms with Crippen molar-refractivity contribution in [3.05, 3.63) is 111 Å². The van der Waals surface area contributed by atoms with Crippen LogP contribution in [-0.4, -0.2) is 9.13 Å². The molecular formula is C27H24Cl3F6IrN2. The van der Waals surface area contributed by atoms with Crippen molar-refractivity contribution in [3.8, 4) is 0 Å². The molecule has 0 amide bonds. The summed E-state index contributed by atoms with van der Waals surface area (Å²) >= 11 is 11.4. The second kappa shape index (κ2) is 14.6. The van der Waals surface area contributed by atoms with Gasteiger partial charge < -0.3 is 0 Å². The van der Waals surface area contributed by atoms with Crippen LogP contribution in [0, 0.1) is 29.6 Å². The predicted octanol–water partition coefficient (Wildman–Crippen LogP) is 9.88. The smallest absolute Gasteiger partial charge is 0.0352 e. The number of aromatic nitrogens is 2. The van der Waals surface area contributed by atoms with Gasteiger partial charge in [0.05, 0.1) is 0 Å². The molecule has 0 bridgehead atoms. The van der Waals surface area contributed by atoms with E-state index in [4.69, 9.17) is 32.8 Å². The summed E-state index contributed by atoms with van der Waals surface area (Å²) in [5, 5.41) is 0.292. The summed E-state index contributed by atoms with van der Waals surface area (Å²) in [5.41, 5.74) is -0.421. The van der Waals surface area contributed by atoms with E-state index < -0.39 is 39.7 Å². The molecule has 214 valence electrons. The van der Waals surface area contributed by atoms with Crippen LogP contribution in [0.1, 0.15) is 47.9 Å². The van der Waals surface area contributed by atoms with E-state index >= 15 is 0 Å². The van der Waals surface area contributed by atoms with Crippen LogP contribution in [0.5, 0.6) is 0 Å². The zero-order valence-corrected chi connectivity index (χ0v) is 25.0. The molecule has 39 heavy (non-hydrogen) atoms. The van der Waals surface area contributed by atoms with Gasteiger partial charge in [-0.25, -0.2) is 0 Å². The molecule has 1 fully saturated rings. The summed E-state index contributed by atoms with van der Waals surface area (Å²) in [4.78, 5) is 0. The van der Waals surface area contributed by atoms with E-state index in [0.29, 0.717) is 15.1 Å². The minimum atomic E-state index is -4.44. The molecule has 1 heterocycles. The summed E-state index contributed by atoms with van der Waals surface area (Å²) in [5.74, 6) is 0. The van der Waals surface area contributed by atoms with Gasteiger partial charge in [-0.1, -0.05) is 0 Å². The Bertz CT molecular complexity index is 1150. The average molecular weight is 789 g/mol. The predicted molar refractivity (Wildman–Crippen MR) is 138 cm³/mol. The van der Waals surface area contributed by atoms with Gasteiger partial charge in [0.2, 0.25) is 0 Å². The van der Waals surface area contributed by atoms with Crippen LogP contribution < -0.4 is 0 Å². The molecule has 1 aliphatic rings. The van der Waals surface area contributed by atoms with Gasteiger partial charge in [0.15, 0.2) is 0 Å². The topological polar surface area (TPSA) is 9.86 Å². The molecule has 12 heteroatoms. The Morgan fingerprint density at radius 3 is 1.15 bits per heavy atom. The maximum absolute atomic E-state index is 12.8. The van der Waals surface area contributed by atoms with Crippen molar-refractivity contribution >= 4 is 32.8 Å². The molecule has 0 aliphatic heterocycles. The van der Waals surface area contributed by atoms with Crippen LogP contribution in [0.25, 0.3) is 0 Å². The molecule has 0 saturated heterocycles. The normalized spacial score (nSPS) is 14.9. The fourth-order valence-corrected chi connectivity index (χ4v) is 6.98. The van der Waals surface area contributed by atoms with Crippen molar-refractivity contribution in [1.82, 2.24) is 9.13 Å². The van der Waals surface area contributed by atoms with Crippen molar-refractivity contribution in [3.63, 3.8) is 0 Å². The molecule has 1 aromatic heterocycles. The Morgan fingerprint density at radius 1 is 0.590 bits per heavy atom. The Balaban J connectivity index is 0.000000449. The maximum Gasteiger partial charge on any atom is -0.0352 e. The van der Waals surface area contributed by atoms with Crippen LogP contribution in [0.4, 0.5) is 26.3 Å². The zero-order chi connectivity index (χ0) is 28.6. The molecule has 2 nitrogen and oxygen atoms in total. The Morgan fingerprint density at radius 2 is 0.897 bits per heavy atom. The standard InChI is InChI=1S/C19H12Cl2F6N2.C8H12.ClH.Ir/c20-16-17(21)29(10-13-3-7-15(8-4-13)19(25,26)27)11-28(16)9-12-1-5-14(6-2-12)18(22,23)24;1-2-4-6-8-7-5-3-1;;/h1-8H,9-10H2;1-2,7-8H,3-6H2;1H;/q;;;+1/p-1. The van der Waals surface area contributed by atoms with Crippen LogP contribution in [-0.2, 0) is 41.7 Å². The second-order valence-corrected chi connectivity index (χ2v) is 11.8. The molecule has 0 unspecified atom stereocenters. The molecular weight excluding hydrogens is 765 g/mol. The number of benzene rings is 2. The molecule has 0 atom stereocenters. The molecule has 0 spiro atoms. The van der Waals surface area contributed by atoms with Crippen molar-refractivity contribution in [1.29, 1.82) is 0 Å². The third-order valence-electron chi connectivity index (χ3n) is 5.70. The summed E-state index contributed by atoms with van der Waals surface area (Å²) < 4.78 is 80.3. The van der Waals surface area contributed by atoms with E-state index in [1.54, 1.807) is 9.13 Å². The third-order valence-corrected chi connectivity index (χ3v) is 9.18. The first-order chi connectivity index (χ1) is 18.4. The van der Waals surface area contributed by atoms with Gasteiger partial charge in [0.25, 0.3) is 0 Å². The van der Waals surface area contributed by atoms with Crippen molar-refractivity contribution in [2.45, 2.75) is 51.1 Å². The monoisotopic (exact) mass is 788 g/mol. The number of nitrogens with zero attached hydrogens (tertiary/aromatic N) is 2. The fraction of sp³-hybridized carbons (Fsp3) is 0.296. The molecule has 1 aliphatic carbocycles. The maximum atomic E-state index is 12.8. The van der Waals surface area contributed by atoms with Gasteiger partial charge in [-0.2, -0.15) is 0 Å². The minimum absolute atomic E-state index is 0.141. The third kappa shape index (κ3) is 9.39.